The van der Waals surface area contributed by atoms with E-state index in [2.05, 4.69) is 16.2 Å². The molecule has 0 fully saturated rings. The van der Waals surface area contributed by atoms with Crippen LogP contribution in [0, 0.1) is 13.8 Å². The smallest absolute Gasteiger partial charge is 0.337 e. The van der Waals surface area contributed by atoms with Gasteiger partial charge in [-0.05, 0) is 48.6 Å². The Bertz CT molecular complexity index is 980. The lowest BCUT2D eigenvalue weighted by Crippen LogP contribution is -2.45. The molecule has 0 saturated carbocycles. The van der Waals surface area contributed by atoms with Gasteiger partial charge in [-0.2, -0.15) is 0 Å². The first-order valence-corrected chi connectivity index (χ1v) is 8.56. The molecule has 0 aromatic heterocycles. The predicted molar refractivity (Wildman–Crippen MR) is 106 cm³/mol. The van der Waals surface area contributed by atoms with Crippen molar-refractivity contribution in [3.05, 3.63) is 71.8 Å². The number of amides is 3. The SMILES string of the molecule is Cc1ccc(NC(=O)NNC(=O)COc2cccc3ccccc23)cc1C. The van der Waals surface area contributed by atoms with E-state index in [0.717, 1.165) is 21.9 Å². The molecule has 138 valence electrons. The van der Waals surface area contributed by atoms with Gasteiger partial charge in [-0.3, -0.25) is 10.2 Å². The third kappa shape index (κ3) is 4.76. The van der Waals surface area contributed by atoms with Crippen molar-refractivity contribution in [2.75, 3.05) is 11.9 Å². The van der Waals surface area contributed by atoms with Gasteiger partial charge in [-0.25, -0.2) is 10.2 Å². The molecule has 0 saturated heterocycles. The Morgan fingerprint density at radius 3 is 2.48 bits per heavy atom. The molecule has 6 nitrogen and oxygen atoms in total. The maximum Gasteiger partial charge on any atom is 0.337 e. The minimum absolute atomic E-state index is 0.210. The van der Waals surface area contributed by atoms with Crippen LogP contribution in [0.25, 0.3) is 10.8 Å². The number of fused-ring (bicyclic) bond motifs is 1. The van der Waals surface area contributed by atoms with Gasteiger partial charge < -0.3 is 10.1 Å². The van der Waals surface area contributed by atoms with E-state index in [1.54, 1.807) is 12.1 Å². The number of carbonyl (C=O) groups excluding carboxylic acids is 2. The van der Waals surface area contributed by atoms with Crippen LogP contribution in [-0.4, -0.2) is 18.5 Å². The van der Waals surface area contributed by atoms with Crippen LogP contribution in [-0.2, 0) is 4.79 Å². The summed E-state index contributed by atoms with van der Waals surface area (Å²) >= 11 is 0. The van der Waals surface area contributed by atoms with E-state index in [9.17, 15) is 9.59 Å². The second-order valence-corrected chi connectivity index (χ2v) is 6.19. The molecule has 3 aromatic rings. The van der Waals surface area contributed by atoms with Crippen molar-refractivity contribution in [3.8, 4) is 5.75 Å². The van der Waals surface area contributed by atoms with E-state index in [0.29, 0.717) is 11.4 Å². The number of carbonyl (C=O) groups is 2. The molecular weight excluding hydrogens is 342 g/mol. The van der Waals surface area contributed by atoms with Crippen molar-refractivity contribution >= 4 is 28.4 Å². The highest BCUT2D eigenvalue weighted by Gasteiger charge is 2.08. The molecule has 0 heterocycles. The molecule has 3 aromatic carbocycles. The first kappa shape index (κ1) is 18.3. The molecular formula is C21H21N3O3. The minimum Gasteiger partial charge on any atom is -0.483 e. The van der Waals surface area contributed by atoms with Crippen molar-refractivity contribution in [2.24, 2.45) is 0 Å². The highest BCUT2D eigenvalue weighted by molar-refractivity contribution is 5.91. The van der Waals surface area contributed by atoms with Crippen LogP contribution >= 0.6 is 0 Å². The maximum absolute atomic E-state index is 11.9. The van der Waals surface area contributed by atoms with Gasteiger partial charge in [0.1, 0.15) is 5.75 Å². The Hall–Kier alpha value is -3.54. The molecule has 6 heteroatoms. The molecule has 3 N–H and O–H groups in total. The number of anilines is 1. The molecule has 3 amide bonds. The summed E-state index contributed by atoms with van der Waals surface area (Å²) in [5.74, 6) is 0.154. The summed E-state index contributed by atoms with van der Waals surface area (Å²) in [7, 11) is 0. The first-order valence-electron chi connectivity index (χ1n) is 8.56. The predicted octanol–water partition coefficient (Wildman–Crippen LogP) is 3.69. The number of hydrazine groups is 1. The van der Waals surface area contributed by atoms with Crippen LogP contribution in [0.3, 0.4) is 0 Å². The fourth-order valence-corrected chi connectivity index (χ4v) is 2.61. The van der Waals surface area contributed by atoms with Gasteiger partial charge in [-0.1, -0.05) is 42.5 Å². The van der Waals surface area contributed by atoms with E-state index in [1.807, 2.05) is 62.4 Å². The van der Waals surface area contributed by atoms with Crippen molar-refractivity contribution < 1.29 is 14.3 Å². The number of hydrogen-bond donors (Lipinski definition) is 3. The van der Waals surface area contributed by atoms with E-state index in [1.165, 1.54) is 0 Å². The summed E-state index contributed by atoms with van der Waals surface area (Å²) in [4.78, 5) is 23.8. The molecule has 0 radical (unpaired) electrons. The molecule has 0 atom stereocenters. The Kier molecular flexibility index (Phi) is 5.56. The van der Waals surface area contributed by atoms with E-state index < -0.39 is 11.9 Å². The van der Waals surface area contributed by atoms with Gasteiger partial charge in [-0.15, -0.1) is 0 Å². The van der Waals surface area contributed by atoms with E-state index in [-0.39, 0.29) is 6.61 Å². The molecule has 0 aliphatic heterocycles. The number of benzene rings is 3. The lowest BCUT2D eigenvalue weighted by atomic mass is 10.1. The summed E-state index contributed by atoms with van der Waals surface area (Å²) in [5, 5.41) is 4.61. The van der Waals surface area contributed by atoms with Crippen molar-refractivity contribution in [1.82, 2.24) is 10.9 Å². The van der Waals surface area contributed by atoms with Crippen LogP contribution in [0.2, 0.25) is 0 Å². The third-order valence-electron chi connectivity index (χ3n) is 4.19. The fourth-order valence-electron chi connectivity index (χ4n) is 2.61. The van der Waals surface area contributed by atoms with Crippen LogP contribution in [0.1, 0.15) is 11.1 Å². The zero-order valence-electron chi connectivity index (χ0n) is 15.2. The van der Waals surface area contributed by atoms with Crippen molar-refractivity contribution in [3.63, 3.8) is 0 Å². The van der Waals surface area contributed by atoms with Gasteiger partial charge in [0.2, 0.25) is 0 Å². The molecule has 0 aliphatic carbocycles. The molecule has 0 aliphatic rings. The fraction of sp³-hybridized carbons (Fsp3) is 0.143. The maximum atomic E-state index is 11.9. The average Bonchev–Trinajstić information content (AvgIpc) is 2.67. The van der Waals surface area contributed by atoms with E-state index in [4.69, 9.17) is 4.74 Å². The number of aryl methyl sites for hydroxylation is 2. The van der Waals surface area contributed by atoms with Crippen LogP contribution in [0.15, 0.2) is 60.7 Å². The normalized spacial score (nSPS) is 10.3. The quantitative estimate of drug-likeness (QED) is 0.619. The zero-order chi connectivity index (χ0) is 19.2. The highest BCUT2D eigenvalue weighted by Crippen LogP contribution is 2.24. The average molecular weight is 363 g/mol. The van der Waals surface area contributed by atoms with Crippen LogP contribution in [0.4, 0.5) is 10.5 Å². The Morgan fingerprint density at radius 2 is 1.67 bits per heavy atom. The third-order valence-corrected chi connectivity index (χ3v) is 4.19. The van der Waals surface area contributed by atoms with Crippen molar-refractivity contribution in [2.45, 2.75) is 13.8 Å². The zero-order valence-corrected chi connectivity index (χ0v) is 15.2. The first-order chi connectivity index (χ1) is 13.0. The van der Waals surface area contributed by atoms with Crippen molar-refractivity contribution in [1.29, 1.82) is 0 Å². The number of nitrogens with one attached hydrogen (secondary N) is 3. The summed E-state index contributed by atoms with van der Waals surface area (Å²) in [6.45, 7) is 3.75. The largest absolute Gasteiger partial charge is 0.483 e. The van der Waals surface area contributed by atoms with Crippen LogP contribution in [0.5, 0.6) is 5.75 Å². The Labute approximate surface area is 157 Å². The van der Waals surface area contributed by atoms with Gasteiger partial charge >= 0.3 is 6.03 Å². The second kappa shape index (κ2) is 8.23. The van der Waals surface area contributed by atoms with Crippen LogP contribution < -0.4 is 20.9 Å². The number of ether oxygens (including phenoxy) is 1. The summed E-state index contributed by atoms with van der Waals surface area (Å²) in [6.07, 6.45) is 0. The summed E-state index contributed by atoms with van der Waals surface area (Å²) in [5.41, 5.74) is 7.49. The van der Waals surface area contributed by atoms with Gasteiger partial charge in [0.05, 0.1) is 0 Å². The van der Waals surface area contributed by atoms with Gasteiger partial charge in [0, 0.05) is 11.1 Å². The monoisotopic (exact) mass is 363 g/mol. The molecule has 0 unspecified atom stereocenters. The molecule has 3 rings (SSSR count). The summed E-state index contributed by atoms with van der Waals surface area (Å²) in [6, 6.07) is 18.4. The second-order valence-electron chi connectivity index (χ2n) is 6.19. The lowest BCUT2D eigenvalue weighted by molar-refractivity contribution is -0.123. The number of rotatable bonds is 4. The van der Waals surface area contributed by atoms with E-state index >= 15 is 0 Å². The number of hydrogen-bond acceptors (Lipinski definition) is 3. The standard InChI is InChI=1S/C21H21N3O3/c1-14-10-11-17(12-15(14)2)22-21(26)24-23-20(25)13-27-19-9-5-7-16-6-3-4-8-18(16)19/h3-12H,13H2,1-2H3,(H,23,25)(H2,22,24,26). The summed E-state index contributed by atoms with van der Waals surface area (Å²) < 4.78 is 5.58. The number of urea groups is 1. The molecule has 0 bridgehead atoms. The molecule has 0 spiro atoms. The molecule has 27 heavy (non-hydrogen) atoms. The highest BCUT2D eigenvalue weighted by atomic mass is 16.5. The lowest BCUT2D eigenvalue weighted by Gasteiger charge is -2.11. The Morgan fingerprint density at radius 1 is 0.889 bits per heavy atom. The topological polar surface area (TPSA) is 79.5 Å². The van der Waals surface area contributed by atoms with Gasteiger partial charge in [0.15, 0.2) is 6.61 Å². The van der Waals surface area contributed by atoms with Gasteiger partial charge in [0.25, 0.3) is 5.91 Å². The minimum atomic E-state index is -0.531. The Balaban J connectivity index is 1.49.